The van der Waals surface area contributed by atoms with Gasteiger partial charge >= 0.3 is 11.9 Å². The van der Waals surface area contributed by atoms with Crippen molar-refractivity contribution in [2.75, 3.05) is 13.2 Å². The molecule has 3 N–H and O–H groups in total. The molecule has 120 valence electrons. The van der Waals surface area contributed by atoms with Gasteiger partial charge in [0.2, 0.25) is 0 Å². The molecule has 0 heterocycles. The average Bonchev–Trinajstić information content (AvgIpc) is 2.43. The second-order valence-electron chi connectivity index (χ2n) is 5.03. The van der Waals surface area contributed by atoms with Gasteiger partial charge in [-0.2, -0.15) is 0 Å². The fourth-order valence-corrected chi connectivity index (χ4v) is 2.14. The highest BCUT2D eigenvalue weighted by molar-refractivity contribution is 6.03. The van der Waals surface area contributed by atoms with Gasteiger partial charge in [-0.15, -0.1) is 0 Å². The highest BCUT2D eigenvalue weighted by Gasteiger charge is 2.22. The number of aliphatic hydroxyl groups is 1. The normalized spacial score (nSPS) is 10.1. The van der Waals surface area contributed by atoms with Crippen LogP contribution in [0.1, 0.15) is 45.7 Å². The fourth-order valence-electron chi connectivity index (χ4n) is 2.14. The van der Waals surface area contributed by atoms with E-state index < -0.39 is 11.9 Å². The summed E-state index contributed by atoms with van der Waals surface area (Å²) in [6.45, 7) is 3.86. The summed E-state index contributed by atoms with van der Waals surface area (Å²) in [7, 11) is 0. The van der Waals surface area contributed by atoms with E-state index >= 15 is 0 Å². The predicted octanol–water partition coefficient (Wildman–Crippen LogP) is 2.10. The molecule has 0 atom stereocenters. The number of allylic oxidation sites excluding steroid dienone is 1. The molecular weight excluding hydrogens is 288 g/mol. The SMILES string of the molecule is CC(C)=COCCc1ccc(C(=O)O)c(C(=O)O)c1CCO. The lowest BCUT2D eigenvalue weighted by Gasteiger charge is -2.14. The quantitative estimate of drug-likeness (QED) is 0.502. The van der Waals surface area contributed by atoms with Crippen molar-refractivity contribution in [1.82, 2.24) is 0 Å². The smallest absolute Gasteiger partial charge is 0.336 e. The second-order valence-corrected chi connectivity index (χ2v) is 5.03. The molecule has 0 fully saturated rings. The number of carboxylic acid groups (broad SMARTS) is 2. The first-order valence-electron chi connectivity index (χ1n) is 6.85. The third-order valence-corrected chi connectivity index (χ3v) is 3.02. The molecular formula is C16H20O6. The van der Waals surface area contributed by atoms with Crippen LogP contribution in [0.2, 0.25) is 0 Å². The molecule has 0 amide bonds. The van der Waals surface area contributed by atoms with Crippen molar-refractivity contribution in [2.24, 2.45) is 0 Å². The third kappa shape index (κ3) is 4.60. The van der Waals surface area contributed by atoms with E-state index in [2.05, 4.69) is 0 Å². The summed E-state index contributed by atoms with van der Waals surface area (Å²) in [5, 5.41) is 27.6. The number of carboxylic acids is 2. The van der Waals surface area contributed by atoms with E-state index in [4.69, 9.17) is 14.9 Å². The molecule has 0 saturated carbocycles. The Morgan fingerprint density at radius 2 is 1.82 bits per heavy atom. The Kier molecular flexibility index (Phi) is 6.59. The molecule has 6 heteroatoms. The molecule has 0 aliphatic carbocycles. The zero-order valence-corrected chi connectivity index (χ0v) is 12.6. The van der Waals surface area contributed by atoms with Gasteiger partial charge in [-0.25, -0.2) is 9.59 Å². The predicted molar refractivity (Wildman–Crippen MR) is 80.2 cm³/mol. The van der Waals surface area contributed by atoms with Crippen molar-refractivity contribution in [3.05, 3.63) is 46.2 Å². The van der Waals surface area contributed by atoms with Gasteiger partial charge in [-0.05, 0) is 43.0 Å². The number of aliphatic hydroxyl groups excluding tert-OH is 1. The van der Waals surface area contributed by atoms with E-state index in [9.17, 15) is 14.7 Å². The maximum atomic E-state index is 11.4. The Morgan fingerprint density at radius 3 is 2.32 bits per heavy atom. The number of ether oxygens (including phenoxy) is 1. The van der Waals surface area contributed by atoms with Gasteiger partial charge < -0.3 is 20.1 Å². The largest absolute Gasteiger partial charge is 0.501 e. The zero-order valence-electron chi connectivity index (χ0n) is 12.6. The van der Waals surface area contributed by atoms with Crippen molar-refractivity contribution in [1.29, 1.82) is 0 Å². The molecule has 0 saturated heterocycles. The highest BCUT2D eigenvalue weighted by Crippen LogP contribution is 2.21. The lowest BCUT2D eigenvalue weighted by atomic mass is 9.92. The van der Waals surface area contributed by atoms with Crippen molar-refractivity contribution in [3.8, 4) is 0 Å². The van der Waals surface area contributed by atoms with Gasteiger partial charge in [0.15, 0.2) is 0 Å². The summed E-state index contributed by atoms with van der Waals surface area (Å²) in [5.74, 6) is -2.61. The molecule has 0 unspecified atom stereocenters. The molecule has 0 bridgehead atoms. The minimum atomic E-state index is -1.31. The van der Waals surface area contributed by atoms with Crippen LogP contribution in [0.25, 0.3) is 0 Å². The summed E-state index contributed by atoms with van der Waals surface area (Å²) >= 11 is 0. The Bertz CT molecular complexity index is 585. The molecule has 0 aliphatic heterocycles. The van der Waals surface area contributed by atoms with Crippen LogP contribution < -0.4 is 0 Å². The number of hydrogen-bond donors (Lipinski definition) is 3. The number of hydrogen-bond acceptors (Lipinski definition) is 4. The maximum Gasteiger partial charge on any atom is 0.336 e. The van der Waals surface area contributed by atoms with E-state index in [1.54, 1.807) is 12.3 Å². The van der Waals surface area contributed by atoms with Gasteiger partial charge in [-0.3, -0.25) is 0 Å². The van der Waals surface area contributed by atoms with Crippen molar-refractivity contribution < 1.29 is 29.6 Å². The first kappa shape index (κ1) is 17.7. The van der Waals surface area contributed by atoms with E-state index in [0.717, 1.165) is 5.57 Å². The standard InChI is InChI=1S/C16H20O6/c1-10(2)9-22-8-6-11-3-4-13(15(18)19)14(16(20)21)12(11)5-7-17/h3-4,9,17H,5-8H2,1-2H3,(H,18,19)(H,20,21). The number of aromatic carboxylic acids is 2. The van der Waals surface area contributed by atoms with Crippen LogP contribution in [0, 0.1) is 0 Å². The lowest BCUT2D eigenvalue weighted by Crippen LogP contribution is -2.15. The molecule has 1 aromatic carbocycles. The first-order chi connectivity index (χ1) is 10.4. The van der Waals surface area contributed by atoms with Crippen LogP contribution in [-0.2, 0) is 17.6 Å². The van der Waals surface area contributed by atoms with Crippen LogP contribution in [0.5, 0.6) is 0 Å². The summed E-state index contributed by atoms with van der Waals surface area (Å²) in [5.41, 5.74) is 1.48. The fraction of sp³-hybridized carbons (Fsp3) is 0.375. The van der Waals surface area contributed by atoms with Gasteiger partial charge in [0, 0.05) is 13.0 Å². The first-order valence-corrected chi connectivity index (χ1v) is 6.85. The van der Waals surface area contributed by atoms with E-state index in [1.807, 2.05) is 13.8 Å². The van der Waals surface area contributed by atoms with Gasteiger partial charge in [-0.1, -0.05) is 6.07 Å². The monoisotopic (exact) mass is 308 g/mol. The summed E-state index contributed by atoms with van der Waals surface area (Å²) in [6.07, 6.45) is 2.12. The Morgan fingerprint density at radius 1 is 1.14 bits per heavy atom. The number of benzene rings is 1. The third-order valence-electron chi connectivity index (χ3n) is 3.02. The van der Waals surface area contributed by atoms with Crippen LogP contribution in [0.4, 0.5) is 0 Å². The Balaban J connectivity index is 3.16. The molecule has 1 aromatic rings. The Hall–Kier alpha value is -2.34. The van der Waals surface area contributed by atoms with E-state index in [-0.39, 0.29) is 24.2 Å². The lowest BCUT2D eigenvalue weighted by molar-refractivity contribution is 0.0650. The zero-order chi connectivity index (χ0) is 16.7. The molecule has 0 aromatic heterocycles. The number of rotatable bonds is 8. The minimum absolute atomic E-state index is 0.0841. The van der Waals surface area contributed by atoms with Crippen molar-refractivity contribution in [2.45, 2.75) is 26.7 Å². The average molecular weight is 308 g/mol. The topological polar surface area (TPSA) is 104 Å². The number of carbonyl (C=O) groups is 2. The van der Waals surface area contributed by atoms with Crippen LogP contribution in [-0.4, -0.2) is 40.5 Å². The summed E-state index contributed by atoms with van der Waals surface area (Å²) in [4.78, 5) is 22.6. The molecule has 0 spiro atoms. The van der Waals surface area contributed by atoms with Gasteiger partial charge in [0.1, 0.15) is 0 Å². The second kappa shape index (κ2) is 8.19. The highest BCUT2D eigenvalue weighted by atomic mass is 16.5. The van der Waals surface area contributed by atoms with E-state index in [1.165, 1.54) is 6.07 Å². The van der Waals surface area contributed by atoms with Crippen molar-refractivity contribution >= 4 is 11.9 Å². The van der Waals surface area contributed by atoms with Gasteiger partial charge in [0.05, 0.1) is 24.0 Å². The van der Waals surface area contributed by atoms with Crippen LogP contribution >= 0.6 is 0 Å². The van der Waals surface area contributed by atoms with Crippen LogP contribution in [0.3, 0.4) is 0 Å². The minimum Gasteiger partial charge on any atom is -0.501 e. The molecule has 0 radical (unpaired) electrons. The van der Waals surface area contributed by atoms with E-state index in [0.29, 0.717) is 24.2 Å². The molecule has 6 nitrogen and oxygen atoms in total. The summed E-state index contributed by atoms with van der Waals surface area (Å²) < 4.78 is 5.32. The molecule has 0 aliphatic rings. The molecule has 22 heavy (non-hydrogen) atoms. The Labute approximate surface area is 128 Å². The summed E-state index contributed by atoms with van der Waals surface area (Å²) in [6, 6.07) is 2.86. The van der Waals surface area contributed by atoms with Gasteiger partial charge in [0.25, 0.3) is 0 Å². The molecule has 1 rings (SSSR count). The van der Waals surface area contributed by atoms with Crippen LogP contribution in [0.15, 0.2) is 24.0 Å². The maximum absolute atomic E-state index is 11.4. The van der Waals surface area contributed by atoms with Crippen molar-refractivity contribution in [3.63, 3.8) is 0 Å².